The molecule has 2 rings (SSSR count). The molecule has 0 aromatic heterocycles. The van der Waals surface area contributed by atoms with Crippen LogP contribution >= 0.6 is 0 Å². The molecule has 2 N–H and O–H groups in total. The molecule has 0 saturated heterocycles. The van der Waals surface area contributed by atoms with Crippen LogP contribution in [0.5, 0.6) is 0 Å². The highest BCUT2D eigenvalue weighted by atomic mass is 32.2. The van der Waals surface area contributed by atoms with E-state index >= 15 is 0 Å². The van der Waals surface area contributed by atoms with Gasteiger partial charge < -0.3 is 10.0 Å². The Bertz CT molecular complexity index is 855. The van der Waals surface area contributed by atoms with Gasteiger partial charge in [-0.25, -0.2) is 8.42 Å². The highest BCUT2D eigenvalue weighted by molar-refractivity contribution is 7.92. The molecule has 2 aromatic rings. The molecule has 0 saturated carbocycles. The quantitative estimate of drug-likeness (QED) is 0.573. The van der Waals surface area contributed by atoms with Crippen molar-refractivity contribution in [2.45, 2.75) is 45.6 Å². The van der Waals surface area contributed by atoms with Gasteiger partial charge in [0.05, 0.1) is 30.2 Å². The van der Waals surface area contributed by atoms with Crippen LogP contribution in [0.4, 0.5) is 5.69 Å². The summed E-state index contributed by atoms with van der Waals surface area (Å²) < 4.78 is 28.1. The highest BCUT2D eigenvalue weighted by Crippen LogP contribution is 2.24. The van der Waals surface area contributed by atoms with E-state index in [0.29, 0.717) is 24.1 Å². The summed E-state index contributed by atoms with van der Waals surface area (Å²) in [5.41, 5.74) is 1.62. The fourth-order valence-corrected chi connectivity index (χ4v) is 5.29. The maximum atomic E-state index is 13.4. The zero-order valence-electron chi connectivity index (χ0n) is 18.9. The van der Waals surface area contributed by atoms with Crippen molar-refractivity contribution in [1.29, 1.82) is 0 Å². The molecule has 0 aliphatic rings. The second kappa shape index (κ2) is 10.9. The summed E-state index contributed by atoms with van der Waals surface area (Å²) in [6, 6.07) is 15.8. The van der Waals surface area contributed by atoms with Gasteiger partial charge in [0.2, 0.25) is 0 Å². The largest absolute Gasteiger partial charge is 0.385 e. The van der Waals surface area contributed by atoms with Crippen molar-refractivity contribution in [1.82, 2.24) is 0 Å². The van der Waals surface area contributed by atoms with Crippen molar-refractivity contribution < 1.29 is 18.4 Å². The first-order valence-electron chi connectivity index (χ1n) is 10.8. The Labute approximate surface area is 182 Å². The molecule has 0 spiro atoms. The molecule has 0 bridgehead atoms. The first kappa shape index (κ1) is 24.4. The van der Waals surface area contributed by atoms with Crippen molar-refractivity contribution in [2.24, 2.45) is 11.8 Å². The summed E-state index contributed by atoms with van der Waals surface area (Å²) in [5.74, 6) is 1.01. The van der Waals surface area contributed by atoms with E-state index in [0.717, 1.165) is 18.7 Å². The smallest absolute Gasteiger partial charge is 0.264 e. The first-order chi connectivity index (χ1) is 14.1. The number of benzene rings is 2. The Morgan fingerprint density at radius 1 is 0.867 bits per heavy atom. The minimum Gasteiger partial charge on any atom is -0.385 e. The maximum absolute atomic E-state index is 13.4. The normalized spacial score (nSPS) is 13.2. The molecule has 5 nitrogen and oxygen atoms in total. The molecule has 0 aliphatic heterocycles. The van der Waals surface area contributed by atoms with Crippen molar-refractivity contribution in [3.05, 3.63) is 60.2 Å². The fourth-order valence-electron chi connectivity index (χ4n) is 3.77. The molecule has 1 atom stereocenters. The van der Waals surface area contributed by atoms with Crippen LogP contribution in [0.2, 0.25) is 0 Å². The standard InChI is InChI=1S/C24H36N2O3S/c1-19(2)15-25(16-20(3)4)17-23(27)18-26(22-13-11-21(5)12-14-22)30(28,29)24-9-7-6-8-10-24/h6-14,19-20,23,27H,15-18H2,1-5H3/p+1. The van der Waals surface area contributed by atoms with Gasteiger partial charge in [-0.1, -0.05) is 63.6 Å². The molecular formula is C24H37N2O3S+. The van der Waals surface area contributed by atoms with E-state index in [1.165, 1.54) is 9.21 Å². The van der Waals surface area contributed by atoms with Gasteiger partial charge in [-0.2, -0.15) is 0 Å². The lowest BCUT2D eigenvalue weighted by atomic mass is 10.1. The topological polar surface area (TPSA) is 62.1 Å². The number of sulfonamides is 1. The van der Waals surface area contributed by atoms with Crippen LogP contribution in [-0.2, 0) is 10.0 Å². The Hall–Kier alpha value is -1.89. The molecular weight excluding hydrogens is 396 g/mol. The monoisotopic (exact) mass is 433 g/mol. The van der Waals surface area contributed by atoms with Crippen LogP contribution < -0.4 is 9.21 Å². The van der Waals surface area contributed by atoms with Crippen molar-refractivity contribution in [2.75, 3.05) is 30.5 Å². The predicted octanol–water partition coefficient (Wildman–Crippen LogP) is 2.75. The van der Waals surface area contributed by atoms with Crippen LogP contribution in [-0.4, -0.2) is 45.8 Å². The molecule has 30 heavy (non-hydrogen) atoms. The molecule has 0 fully saturated rings. The lowest BCUT2D eigenvalue weighted by Gasteiger charge is -2.30. The summed E-state index contributed by atoms with van der Waals surface area (Å²) in [6.45, 7) is 13.1. The maximum Gasteiger partial charge on any atom is 0.264 e. The van der Waals surface area contributed by atoms with E-state index < -0.39 is 16.1 Å². The fraction of sp³-hybridized carbons (Fsp3) is 0.500. The Kier molecular flexibility index (Phi) is 8.89. The Balaban J connectivity index is 2.29. The predicted molar refractivity (Wildman–Crippen MR) is 123 cm³/mol. The number of anilines is 1. The van der Waals surface area contributed by atoms with Gasteiger partial charge in [0.25, 0.3) is 10.0 Å². The van der Waals surface area contributed by atoms with Crippen molar-refractivity contribution >= 4 is 15.7 Å². The summed E-state index contributed by atoms with van der Waals surface area (Å²) in [5, 5.41) is 10.9. The van der Waals surface area contributed by atoms with E-state index in [2.05, 4.69) is 27.7 Å². The van der Waals surface area contributed by atoms with E-state index in [9.17, 15) is 13.5 Å². The molecule has 1 unspecified atom stereocenters. The molecule has 2 aromatic carbocycles. The van der Waals surface area contributed by atoms with Gasteiger partial charge in [0.15, 0.2) is 0 Å². The van der Waals surface area contributed by atoms with Crippen LogP contribution in [0, 0.1) is 18.8 Å². The molecule has 0 amide bonds. The van der Waals surface area contributed by atoms with Crippen LogP contribution in [0.15, 0.2) is 59.5 Å². The molecule has 0 heterocycles. The van der Waals surface area contributed by atoms with Crippen molar-refractivity contribution in [3.8, 4) is 0 Å². The van der Waals surface area contributed by atoms with Crippen LogP contribution in [0.1, 0.15) is 33.3 Å². The van der Waals surface area contributed by atoms with Gasteiger partial charge in [0.1, 0.15) is 12.6 Å². The average molecular weight is 434 g/mol. The highest BCUT2D eigenvalue weighted by Gasteiger charge is 2.29. The van der Waals surface area contributed by atoms with Gasteiger partial charge in [-0.15, -0.1) is 0 Å². The zero-order valence-corrected chi connectivity index (χ0v) is 19.7. The Morgan fingerprint density at radius 2 is 1.40 bits per heavy atom. The summed E-state index contributed by atoms with van der Waals surface area (Å²) in [4.78, 5) is 1.53. The number of quaternary nitrogens is 1. The third kappa shape index (κ3) is 7.11. The zero-order chi connectivity index (χ0) is 22.3. The van der Waals surface area contributed by atoms with Gasteiger partial charge in [-0.3, -0.25) is 4.31 Å². The van der Waals surface area contributed by atoms with Crippen LogP contribution in [0.3, 0.4) is 0 Å². The molecule has 6 heteroatoms. The van der Waals surface area contributed by atoms with Gasteiger partial charge in [0, 0.05) is 11.8 Å². The SMILES string of the molecule is Cc1ccc(N(CC(O)C[NH+](CC(C)C)CC(C)C)S(=O)(=O)c2ccccc2)cc1. The second-order valence-corrected chi connectivity index (χ2v) is 10.9. The number of hydrogen-bond acceptors (Lipinski definition) is 3. The third-order valence-corrected chi connectivity index (χ3v) is 6.76. The lowest BCUT2D eigenvalue weighted by Crippen LogP contribution is -3.14. The van der Waals surface area contributed by atoms with E-state index in [4.69, 9.17) is 0 Å². The third-order valence-electron chi connectivity index (χ3n) is 4.95. The lowest BCUT2D eigenvalue weighted by molar-refractivity contribution is -0.909. The van der Waals surface area contributed by atoms with E-state index in [1.54, 1.807) is 42.5 Å². The second-order valence-electron chi connectivity index (χ2n) is 8.99. The Morgan fingerprint density at radius 3 is 1.90 bits per heavy atom. The first-order valence-corrected chi connectivity index (χ1v) is 12.2. The van der Waals surface area contributed by atoms with Crippen LogP contribution in [0.25, 0.3) is 0 Å². The summed E-state index contributed by atoms with van der Waals surface area (Å²) in [6.07, 6.45) is -0.766. The van der Waals surface area contributed by atoms with Gasteiger partial charge >= 0.3 is 0 Å². The number of hydrogen-bond donors (Lipinski definition) is 2. The van der Waals surface area contributed by atoms with Crippen molar-refractivity contribution in [3.63, 3.8) is 0 Å². The average Bonchev–Trinajstić information content (AvgIpc) is 2.66. The van der Waals surface area contributed by atoms with Gasteiger partial charge in [-0.05, 0) is 31.2 Å². The molecule has 0 aliphatic carbocycles. The number of rotatable bonds is 11. The summed E-state index contributed by atoms with van der Waals surface area (Å²) in [7, 11) is -3.78. The molecule has 166 valence electrons. The minimum absolute atomic E-state index is 0.0278. The number of aryl methyl sites for hydroxylation is 1. The van der Waals surface area contributed by atoms with E-state index in [-0.39, 0.29) is 11.4 Å². The minimum atomic E-state index is -3.78. The molecule has 0 radical (unpaired) electrons. The van der Waals surface area contributed by atoms with E-state index in [1.807, 2.05) is 19.1 Å². The number of aliphatic hydroxyl groups excluding tert-OH is 1. The number of nitrogens with zero attached hydrogens (tertiary/aromatic N) is 1. The number of nitrogens with one attached hydrogen (secondary N) is 1. The summed E-state index contributed by atoms with van der Waals surface area (Å²) >= 11 is 0. The number of aliphatic hydroxyl groups is 1.